The van der Waals surface area contributed by atoms with Gasteiger partial charge in [0.1, 0.15) is 0 Å². The molecule has 1 aromatic rings. The van der Waals surface area contributed by atoms with E-state index in [1.54, 1.807) is 37.4 Å². The lowest BCUT2D eigenvalue weighted by atomic mass is 10.4. The fourth-order valence-electron chi connectivity index (χ4n) is 0.850. The van der Waals surface area contributed by atoms with E-state index in [0.29, 0.717) is 0 Å². The van der Waals surface area contributed by atoms with Crippen LogP contribution in [0.3, 0.4) is 0 Å². The maximum absolute atomic E-state index is 11.4. The second kappa shape index (κ2) is 4.36. The van der Waals surface area contributed by atoms with Gasteiger partial charge < -0.3 is 5.32 Å². The van der Waals surface area contributed by atoms with Gasteiger partial charge in [-0.3, -0.25) is 0 Å². The summed E-state index contributed by atoms with van der Waals surface area (Å²) in [4.78, 5) is 0.283. The molecular formula is C8H12N2O2S. The first-order valence-electron chi connectivity index (χ1n) is 3.86. The van der Waals surface area contributed by atoms with Crippen LogP contribution in [0.15, 0.2) is 35.2 Å². The Kier molecular flexibility index (Phi) is 3.41. The zero-order valence-electron chi connectivity index (χ0n) is 7.32. The van der Waals surface area contributed by atoms with Gasteiger partial charge in [0.15, 0.2) is 0 Å². The summed E-state index contributed by atoms with van der Waals surface area (Å²) in [6.07, 6.45) is 0. The van der Waals surface area contributed by atoms with Crippen LogP contribution >= 0.6 is 0 Å². The van der Waals surface area contributed by atoms with Gasteiger partial charge in [-0.05, 0) is 19.2 Å². The van der Waals surface area contributed by atoms with Crippen LogP contribution in [0, 0.1) is 0 Å². The fraction of sp³-hybridized carbons (Fsp3) is 0.250. The largest absolute Gasteiger partial charge is 0.307 e. The molecule has 0 aliphatic heterocycles. The first kappa shape index (κ1) is 10.2. The lowest BCUT2D eigenvalue weighted by molar-refractivity contribution is 0.577. The molecule has 0 unspecified atom stereocenters. The molecule has 5 heteroatoms. The molecule has 0 aliphatic carbocycles. The zero-order chi connectivity index (χ0) is 9.73. The Labute approximate surface area is 78.0 Å². The summed E-state index contributed by atoms with van der Waals surface area (Å²) in [7, 11) is -1.66. The summed E-state index contributed by atoms with van der Waals surface area (Å²) in [6.45, 7) is 0.233. The average molecular weight is 200 g/mol. The van der Waals surface area contributed by atoms with Gasteiger partial charge in [-0.15, -0.1) is 0 Å². The Balaban J connectivity index is 2.83. The molecule has 2 N–H and O–H groups in total. The first-order chi connectivity index (χ1) is 6.17. The van der Waals surface area contributed by atoms with E-state index in [9.17, 15) is 8.42 Å². The van der Waals surface area contributed by atoms with E-state index >= 15 is 0 Å². The minimum atomic E-state index is -3.33. The highest BCUT2D eigenvalue weighted by atomic mass is 32.2. The molecule has 0 bridgehead atoms. The van der Waals surface area contributed by atoms with Crippen molar-refractivity contribution >= 4 is 10.0 Å². The molecule has 1 rings (SSSR count). The number of benzene rings is 1. The molecule has 0 heterocycles. The molecule has 0 aromatic heterocycles. The Morgan fingerprint density at radius 3 is 2.38 bits per heavy atom. The molecule has 0 fully saturated rings. The topological polar surface area (TPSA) is 58.2 Å². The third kappa shape index (κ3) is 2.80. The lowest BCUT2D eigenvalue weighted by Gasteiger charge is -2.04. The SMILES string of the molecule is CNCNS(=O)(=O)c1ccccc1. The Bertz CT molecular complexity index is 348. The number of hydrogen-bond donors (Lipinski definition) is 2. The minimum absolute atomic E-state index is 0.233. The number of nitrogens with one attached hydrogen (secondary N) is 2. The molecule has 1 aromatic carbocycles. The van der Waals surface area contributed by atoms with E-state index in [1.807, 2.05) is 0 Å². The fourth-order valence-corrected chi connectivity index (χ4v) is 1.87. The van der Waals surface area contributed by atoms with Crippen LogP contribution < -0.4 is 10.0 Å². The third-order valence-electron chi connectivity index (χ3n) is 1.49. The average Bonchev–Trinajstić information content (AvgIpc) is 2.16. The van der Waals surface area contributed by atoms with Crippen molar-refractivity contribution in [1.82, 2.24) is 10.0 Å². The number of hydrogen-bond acceptors (Lipinski definition) is 3. The molecular weight excluding hydrogens is 188 g/mol. The van der Waals surface area contributed by atoms with Crippen molar-refractivity contribution in [3.63, 3.8) is 0 Å². The normalized spacial score (nSPS) is 11.5. The van der Waals surface area contributed by atoms with E-state index in [-0.39, 0.29) is 11.6 Å². The van der Waals surface area contributed by atoms with Crippen LogP contribution in [-0.2, 0) is 10.0 Å². The molecule has 0 saturated carbocycles. The Hall–Kier alpha value is -0.910. The number of sulfonamides is 1. The number of rotatable bonds is 4. The van der Waals surface area contributed by atoms with Gasteiger partial charge in [0.2, 0.25) is 10.0 Å². The van der Waals surface area contributed by atoms with Gasteiger partial charge in [-0.1, -0.05) is 18.2 Å². The van der Waals surface area contributed by atoms with E-state index < -0.39 is 10.0 Å². The summed E-state index contributed by atoms with van der Waals surface area (Å²) in [5.41, 5.74) is 0. The quantitative estimate of drug-likeness (QED) is 0.680. The minimum Gasteiger partial charge on any atom is -0.307 e. The van der Waals surface area contributed by atoms with Crippen LogP contribution in [-0.4, -0.2) is 22.1 Å². The van der Waals surface area contributed by atoms with Crippen LogP contribution in [0.4, 0.5) is 0 Å². The first-order valence-corrected chi connectivity index (χ1v) is 5.34. The second-order valence-electron chi connectivity index (χ2n) is 2.49. The van der Waals surface area contributed by atoms with Gasteiger partial charge in [-0.2, -0.15) is 4.72 Å². The van der Waals surface area contributed by atoms with Gasteiger partial charge in [0, 0.05) is 0 Å². The van der Waals surface area contributed by atoms with Crippen LogP contribution in [0.1, 0.15) is 0 Å². The third-order valence-corrected chi connectivity index (χ3v) is 2.91. The highest BCUT2D eigenvalue weighted by Gasteiger charge is 2.10. The van der Waals surface area contributed by atoms with Crippen molar-refractivity contribution in [3.05, 3.63) is 30.3 Å². The van der Waals surface area contributed by atoms with Crippen molar-refractivity contribution in [1.29, 1.82) is 0 Å². The zero-order valence-corrected chi connectivity index (χ0v) is 8.14. The molecule has 0 radical (unpaired) electrons. The van der Waals surface area contributed by atoms with Crippen molar-refractivity contribution < 1.29 is 8.42 Å². The van der Waals surface area contributed by atoms with Crippen LogP contribution in [0.25, 0.3) is 0 Å². The predicted molar refractivity (Wildman–Crippen MR) is 50.7 cm³/mol. The van der Waals surface area contributed by atoms with Crippen LogP contribution in [0.2, 0.25) is 0 Å². The van der Waals surface area contributed by atoms with E-state index in [0.717, 1.165) is 0 Å². The Morgan fingerprint density at radius 2 is 1.85 bits per heavy atom. The molecule has 72 valence electrons. The van der Waals surface area contributed by atoms with Crippen molar-refractivity contribution in [2.45, 2.75) is 4.90 Å². The Morgan fingerprint density at radius 1 is 1.23 bits per heavy atom. The standard InChI is InChI=1S/C8H12N2O2S/c1-9-7-10-13(11,12)8-5-3-2-4-6-8/h2-6,9-10H,7H2,1H3. The van der Waals surface area contributed by atoms with E-state index in [4.69, 9.17) is 0 Å². The summed E-state index contributed by atoms with van der Waals surface area (Å²) in [6, 6.07) is 8.26. The molecule has 0 aliphatic rings. The van der Waals surface area contributed by atoms with Gasteiger partial charge in [-0.25, -0.2) is 8.42 Å². The van der Waals surface area contributed by atoms with Crippen molar-refractivity contribution in [2.75, 3.05) is 13.7 Å². The van der Waals surface area contributed by atoms with Crippen molar-refractivity contribution in [3.8, 4) is 0 Å². The highest BCUT2D eigenvalue weighted by molar-refractivity contribution is 7.89. The highest BCUT2D eigenvalue weighted by Crippen LogP contribution is 2.05. The molecule has 13 heavy (non-hydrogen) atoms. The van der Waals surface area contributed by atoms with Gasteiger partial charge in [0.05, 0.1) is 11.6 Å². The summed E-state index contributed by atoms with van der Waals surface area (Å²) < 4.78 is 25.3. The predicted octanol–water partition coefficient (Wildman–Crippen LogP) is 0.142. The summed E-state index contributed by atoms with van der Waals surface area (Å²) >= 11 is 0. The van der Waals surface area contributed by atoms with E-state index in [2.05, 4.69) is 10.0 Å². The van der Waals surface area contributed by atoms with Gasteiger partial charge in [0.25, 0.3) is 0 Å². The van der Waals surface area contributed by atoms with Crippen LogP contribution in [0.5, 0.6) is 0 Å². The smallest absolute Gasteiger partial charge is 0.241 e. The molecule has 4 nitrogen and oxygen atoms in total. The summed E-state index contributed by atoms with van der Waals surface area (Å²) in [5.74, 6) is 0. The van der Waals surface area contributed by atoms with E-state index in [1.165, 1.54) is 0 Å². The molecule has 0 spiro atoms. The van der Waals surface area contributed by atoms with Crippen molar-refractivity contribution in [2.24, 2.45) is 0 Å². The molecule has 0 atom stereocenters. The lowest BCUT2D eigenvalue weighted by Crippen LogP contribution is -2.31. The summed E-state index contributed by atoms with van der Waals surface area (Å²) in [5, 5.41) is 2.70. The molecule has 0 amide bonds. The molecule has 0 saturated heterocycles. The van der Waals surface area contributed by atoms with Gasteiger partial charge >= 0.3 is 0 Å². The monoisotopic (exact) mass is 200 g/mol. The maximum atomic E-state index is 11.4. The second-order valence-corrected chi connectivity index (χ2v) is 4.26. The maximum Gasteiger partial charge on any atom is 0.241 e.